The van der Waals surface area contributed by atoms with Crippen LogP contribution in [0.3, 0.4) is 0 Å². The van der Waals surface area contributed by atoms with E-state index in [4.69, 9.17) is 0 Å². The Kier molecular flexibility index (Phi) is 8.60. The average Bonchev–Trinajstić information content (AvgIpc) is 3.71. The number of rotatable bonds is 6. The van der Waals surface area contributed by atoms with Gasteiger partial charge >= 0.3 is 0 Å². The van der Waals surface area contributed by atoms with Crippen LogP contribution in [0.1, 0.15) is 0 Å². The second-order valence-corrected chi connectivity index (χ2v) is 17.3. The van der Waals surface area contributed by atoms with Gasteiger partial charge in [-0.25, -0.2) is 0 Å². The largest absolute Gasteiger partial charge is 0.309 e. The third kappa shape index (κ3) is 6.40. The van der Waals surface area contributed by atoms with E-state index in [1.807, 2.05) is 0 Å². The van der Waals surface area contributed by atoms with Crippen LogP contribution in [-0.4, -0.2) is 4.57 Å². The van der Waals surface area contributed by atoms with E-state index in [2.05, 4.69) is 253 Å². The fraction of sp³-hybridized carbons (Fsp3) is 0. The molecule has 0 spiro atoms. The van der Waals surface area contributed by atoms with Crippen molar-refractivity contribution in [2.24, 2.45) is 0 Å². The van der Waals surface area contributed by atoms with Gasteiger partial charge in [-0.3, -0.25) is 0 Å². The van der Waals surface area contributed by atoms with Crippen LogP contribution in [0.15, 0.2) is 249 Å². The first kappa shape index (κ1) is 37.1. The molecule has 0 aliphatic carbocycles. The average molecular weight is 824 g/mol. The van der Waals surface area contributed by atoms with E-state index < -0.39 is 0 Å². The van der Waals surface area contributed by atoms with Gasteiger partial charge in [-0.2, -0.15) is 0 Å². The van der Waals surface area contributed by atoms with Crippen LogP contribution >= 0.6 is 0 Å². The van der Waals surface area contributed by atoms with Gasteiger partial charge in [-0.05, 0) is 153 Å². The summed E-state index contributed by atoms with van der Waals surface area (Å²) in [6.07, 6.45) is 0. The maximum absolute atomic E-state index is 2.44. The van der Waals surface area contributed by atoms with E-state index in [-0.39, 0.29) is 0 Å². The highest BCUT2D eigenvalue weighted by Gasteiger charge is 2.16. The van der Waals surface area contributed by atoms with Gasteiger partial charge in [0.15, 0.2) is 0 Å². The molecular formula is C64H41N. The Bertz CT molecular complexity index is 3780. The van der Waals surface area contributed by atoms with Crippen molar-refractivity contribution in [3.63, 3.8) is 0 Å². The fourth-order valence-electron chi connectivity index (χ4n) is 10.2. The van der Waals surface area contributed by atoms with E-state index >= 15 is 0 Å². The van der Waals surface area contributed by atoms with Crippen molar-refractivity contribution in [1.82, 2.24) is 4.57 Å². The molecule has 0 saturated heterocycles. The van der Waals surface area contributed by atoms with Crippen molar-refractivity contribution in [3.05, 3.63) is 249 Å². The van der Waals surface area contributed by atoms with Crippen LogP contribution in [-0.2, 0) is 0 Å². The minimum Gasteiger partial charge on any atom is -0.309 e. The maximum Gasteiger partial charge on any atom is 0.0541 e. The highest BCUT2D eigenvalue weighted by Crippen LogP contribution is 2.40. The second-order valence-electron chi connectivity index (χ2n) is 17.3. The second kappa shape index (κ2) is 15.1. The van der Waals surface area contributed by atoms with Gasteiger partial charge < -0.3 is 4.57 Å². The summed E-state index contributed by atoms with van der Waals surface area (Å²) in [6, 6.07) is 91.7. The molecule has 0 fully saturated rings. The number of aromatic nitrogens is 1. The first-order valence-electron chi connectivity index (χ1n) is 22.5. The molecule has 65 heavy (non-hydrogen) atoms. The number of hydrogen-bond donors (Lipinski definition) is 0. The molecule has 0 amide bonds. The molecule has 13 aromatic rings. The van der Waals surface area contributed by atoms with Gasteiger partial charge in [0.05, 0.1) is 11.0 Å². The molecule has 0 aliphatic rings. The Morgan fingerprint density at radius 3 is 1.08 bits per heavy atom. The molecule has 13 rings (SSSR count). The molecule has 302 valence electrons. The lowest BCUT2D eigenvalue weighted by atomic mass is 9.93. The van der Waals surface area contributed by atoms with Gasteiger partial charge in [0, 0.05) is 16.5 Å². The van der Waals surface area contributed by atoms with Gasteiger partial charge in [0.2, 0.25) is 0 Å². The van der Waals surface area contributed by atoms with E-state index in [1.165, 1.54) is 121 Å². The zero-order valence-corrected chi connectivity index (χ0v) is 35.6. The van der Waals surface area contributed by atoms with Crippen LogP contribution in [0, 0.1) is 0 Å². The monoisotopic (exact) mass is 823 g/mol. The quantitative estimate of drug-likeness (QED) is 0.147. The molecule has 0 unspecified atom stereocenters. The summed E-state index contributed by atoms with van der Waals surface area (Å²) < 4.78 is 2.44. The normalized spacial score (nSPS) is 11.7. The Labute approximate surface area is 377 Å². The van der Waals surface area contributed by atoms with Crippen LogP contribution < -0.4 is 0 Å². The summed E-state index contributed by atoms with van der Waals surface area (Å²) in [5.41, 5.74) is 15.7. The minimum atomic E-state index is 1.14. The molecule has 0 saturated carbocycles. The highest BCUT2D eigenvalue weighted by atomic mass is 15.0. The summed E-state index contributed by atoms with van der Waals surface area (Å²) in [5.74, 6) is 0. The molecule has 0 N–H and O–H groups in total. The van der Waals surface area contributed by atoms with E-state index in [1.54, 1.807) is 0 Å². The predicted molar refractivity (Wildman–Crippen MR) is 278 cm³/mol. The lowest BCUT2D eigenvalue weighted by Crippen LogP contribution is -1.94. The van der Waals surface area contributed by atoms with Crippen molar-refractivity contribution < 1.29 is 0 Å². The van der Waals surface area contributed by atoms with Crippen LogP contribution in [0.25, 0.3) is 126 Å². The zero-order valence-electron chi connectivity index (χ0n) is 35.6. The summed E-state index contributed by atoms with van der Waals surface area (Å²) in [7, 11) is 0. The Hall–Kier alpha value is -8.52. The molecule has 0 atom stereocenters. The maximum atomic E-state index is 2.44. The highest BCUT2D eigenvalue weighted by molar-refractivity contribution is 6.14. The first-order chi connectivity index (χ1) is 32.2. The van der Waals surface area contributed by atoms with Crippen molar-refractivity contribution in [2.75, 3.05) is 0 Å². The van der Waals surface area contributed by atoms with Gasteiger partial charge in [0.1, 0.15) is 0 Å². The molecule has 0 radical (unpaired) electrons. The third-order valence-corrected chi connectivity index (χ3v) is 13.6. The topological polar surface area (TPSA) is 4.93 Å². The van der Waals surface area contributed by atoms with Crippen LogP contribution in [0.5, 0.6) is 0 Å². The number of fused-ring (bicyclic) bond motifs is 8. The van der Waals surface area contributed by atoms with E-state index in [0.717, 1.165) is 5.69 Å². The lowest BCUT2D eigenvalue weighted by Gasteiger charge is -2.13. The summed E-state index contributed by atoms with van der Waals surface area (Å²) in [5, 5.41) is 12.6. The van der Waals surface area contributed by atoms with Crippen molar-refractivity contribution in [1.29, 1.82) is 0 Å². The molecule has 1 aromatic heterocycles. The van der Waals surface area contributed by atoms with Crippen molar-refractivity contribution in [2.45, 2.75) is 0 Å². The molecule has 0 bridgehead atoms. The standard InChI is InChI=1S/C64H41N/c1-3-11-49-37-51(27-25-42(49)9-1)44-17-21-46(22-18-44)53-31-35-63-61(39-53)62-40-54(47-23-19-45(20-24-47)52-28-26-43-10-2-4-12-50(43)38-52)32-36-64(62)65(63)56-33-29-48(30-34-56)60-41-55-13-5-6-14-57(55)58-15-7-8-16-59(58)60/h1-41H. The summed E-state index contributed by atoms with van der Waals surface area (Å²) in [4.78, 5) is 0. The zero-order chi connectivity index (χ0) is 42.8. The number of benzene rings is 12. The molecule has 1 heteroatoms. The first-order valence-corrected chi connectivity index (χ1v) is 22.5. The Morgan fingerprint density at radius 2 is 0.569 bits per heavy atom. The smallest absolute Gasteiger partial charge is 0.0541 e. The SMILES string of the molecule is c1ccc2cc(-c3ccc(-c4ccc5c(c4)c4cc(-c6ccc(-c7ccc8ccccc8c7)cc6)ccc4n5-c4ccc(-c5cc6ccccc6c6ccccc56)cc4)cc3)ccc2c1. The van der Waals surface area contributed by atoms with Crippen LogP contribution in [0.2, 0.25) is 0 Å². The Morgan fingerprint density at radius 1 is 0.200 bits per heavy atom. The van der Waals surface area contributed by atoms with Gasteiger partial charge in [0.25, 0.3) is 0 Å². The molecular weight excluding hydrogens is 783 g/mol. The van der Waals surface area contributed by atoms with Gasteiger partial charge in [-0.1, -0.05) is 194 Å². The summed E-state index contributed by atoms with van der Waals surface area (Å²) >= 11 is 0. The molecule has 0 aliphatic heterocycles. The molecule has 12 aromatic carbocycles. The van der Waals surface area contributed by atoms with Crippen molar-refractivity contribution >= 4 is 64.9 Å². The Balaban J connectivity index is 0.917. The fourth-order valence-corrected chi connectivity index (χ4v) is 10.2. The van der Waals surface area contributed by atoms with E-state index in [0.29, 0.717) is 0 Å². The van der Waals surface area contributed by atoms with Crippen molar-refractivity contribution in [3.8, 4) is 61.3 Å². The lowest BCUT2D eigenvalue weighted by molar-refractivity contribution is 1.18. The molecule has 1 nitrogen and oxygen atoms in total. The van der Waals surface area contributed by atoms with E-state index in [9.17, 15) is 0 Å². The molecule has 1 heterocycles. The van der Waals surface area contributed by atoms with Gasteiger partial charge in [-0.15, -0.1) is 0 Å². The number of nitrogens with zero attached hydrogens (tertiary/aromatic N) is 1. The third-order valence-electron chi connectivity index (χ3n) is 13.6. The van der Waals surface area contributed by atoms with Crippen LogP contribution in [0.4, 0.5) is 0 Å². The minimum absolute atomic E-state index is 1.14. The predicted octanol–water partition coefficient (Wildman–Crippen LogP) is 17.7. The summed E-state index contributed by atoms with van der Waals surface area (Å²) in [6.45, 7) is 0. The number of hydrogen-bond acceptors (Lipinski definition) is 0.